The normalized spacial score (nSPS) is 15.7. The number of fused-ring (bicyclic) bond motifs is 1. The van der Waals surface area contributed by atoms with Crippen LogP contribution in [0.15, 0.2) is 53.5 Å². The number of halogens is 2. The summed E-state index contributed by atoms with van der Waals surface area (Å²) in [4.78, 5) is 43.9. The number of nitrogens with zero attached hydrogens (tertiary/aromatic N) is 6. The Bertz CT molecular complexity index is 1810. The predicted molar refractivity (Wildman–Crippen MR) is 166 cm³/mol. The topological polar surface area (TPSA) is 104 Å². The van der Waals surface area contributed by atoms with Gasteiger partial charge in [-0.2, -0.15) is 4.98 Å². The molecule has 1 N–H and O–H groups in total. The maximum atomic E-state index is 15.9. The standard InChI is InChI=1S/C33H36F2N6O3/c1-18(2)10-11-26(43)39-14-15-40(21(6)17-39)31-22-16-24(35)29(27-23(34)8-7-9-25(27)42)37-32(22)41(33(44)38-31)30-20(5)12-13-36-28(30)19(3)4/h7-13,16,18-19,21,42H,14-15,17H2,1-6H3/b11-10+/t21-/m0/s1. The SMILES string of the molecule is Cc1ccnc(C(C)C)c1-n1c(=O)nc(N2CCN(C(=O)/C=C/C(C)C)C[C@@H]2C)c2cc(F)c(-c3c(O)cccc3F)nc21. The van der Waals surface area contributed by atoms with Gasteiger partial charge in [-0.3, -0.25) is 9.78 Å². The molecule has 0 spiro atoms. The van der Waals surface area contributed by atoms with E-state index in [2.05, 4.69) is 15.0 Å². The van der Waals surface area contributed by atoms with Gasteiger partial charge in [0.15, 0.2) is 11.5 Å². The lowest BCUT2D eigenvalue weighted by atomic mass is 10.0. The van der Waals surface area contributed by atoms with Gasteiger partial charge >= 0.3 is 5.69 Å². The van der Waals surface area contributed by atoms with E-state index >= 15 is 4.39 Å². The number of benzene rings is 1. The zero-order chi connectivity index (χ0) is 31.9. The van der Waals surface area contributed by atoms with Crippen molar-refractivity contribution >= 4 is 22.8 Å². The van der Waals surface area contributed by atoms with Crippen molar-refractivity contribution in [3.63, 3.8) is 0 Å². The Balaban J connectivity index is 1.74. The van der Waals surface area contributed by atoms with E-state index in [4.69, 9.17) is 0 Å². The highest BCUT2D eigenvalue weighted by Crippen LogP contribution is 2.36. The van der Waals surface area contributed by atoms with Crippen LogP contribution in [0.25, 0.3) is 28.0 Å². The van der Waals surface area contributed by atoms with Crippen molar-refractivity contribution in [2.45, 2.75) is 53.5 Å². The Kier molecular flexibility index (Phi) is 8.49. The van der Waals surface area contributed by atoms with E-state index in [9.17, 15) is 19.1 Å². The molecule has 0 bridgehead atoms. The fourth-order valence-corrected chi connectivity index (χ4v) is 5.59. The highest BCUT2D eigenvalue weighted by Gasteiger charge is 2.31. The number of carbonyl (C=O) groups is 1. The molecule has 0 radical (unpaired) electrons. The number of aryl methyl sites for hydroxylation is 1. The molecule has 4 heterocycles. The van der Waals surface area contributed by atoms with Crippen LogP contribution in [0, 0.1) is 24.5 Å². The molecule has 1 aromatic carbocycles. The van der Waals surface area contributed by atoms with Crippen molar-refractivity contribution in [3.05, 3.63) is 82.1 Å². The molecule has 1 atom stereocenters. The van der Waals surface area contributed by atoms with Gasteiger partial charge in [-0.05, 0) is 61.6 Å². The van der Waals surface area contributed by atoms with Gasteiger partial charge in [-0.1, -0.05) is 39.8 Å². The minimum absolute atomic E-state index is 0.0441. The number of aromatic nitrogens is 4. The molecular formula is C33H36F2N6O3. The number of allylic oxidation sites excluding steroid dienone is 1. The first-order valence-electron chi connectivity index (χ1n) is 14.7. The second-order valence-electron chi connectivity index (χ2n) is 11.8. The highest BCUT2D eigenvalue weighted by atomic mass is 19.1. The van der Waals surface area contributed by atoms with Crippen molar-refractivity contribution in [3.8, 4) is 22.7 Å². The van der Waals surface area contributed by atoms with E-state index in [1.807, 2.05) is 52.5 Å². The van der Waals surface area contributed by atoms with Gasteiger partial charge in [-0.25, -0.2) is 23.1 Å². The number of rotatable bonds is 6. The Morgan fingerprint density at radius 2 is 1.84 bits per heavy atom. The first-order valence-corrected chi connectivity index (χ1v) is 14.7. The molecule has 1 fully saturated rings. The molecule has 4 aromatic rings. The third-order valence-electron chi connectivity index (χ3n) is 7.79. The van der Waals surface area contributed by atoms with Crippen molar-refractivity contribution in [1.82, 2.24) is 24.4 Å². The summed E-state index contributed by atoms with van der Waals surface area (Å²) in [5, 5.41) is 10.7. The number of aromatic hydroxyl groups is 1. The molecule has 9 nitrogen and oxygen atoms in total. The summed E-state index contributed by atoms with van der Waals surface area (Å²) in [6.45, 7) is 12.7. The molecule has 0 unspecified atom stereocenters. The van der Waals surface area contributed by atoms with Crippen LogP contribution in [0.2, 0.25) is 0 Å². The Morgan fingerprint density at radius 3 is 2.50 bits per heavy atom. The van der Waals surface area contributed by atoms with Gasteiger partial charge in [0.05, 0.1) is 22.3 Å². The summed E-state index contributed by atoms with van der Waals surface area (Å²) in [5.41, 5.74) is 0.316. The molecule has 1 amide bonds. The van der Waals surface area contributed by atoms with E-state index in [0.717, 1.165) is 11.6 Å². The van der Waals surface area contributed by atoms with Crippen LogP contribution >= 0.6 is 0 Å². The third-order valence-corrected chi connectivity index (χ3v) is 7.79. The summed E-state index contributed by atoms with van der Waals surface area (Å²) in [6.07, 6.45) is 5.07. The predicted octanol–water partition coefficient (Wildman–Crippen LogP) is 5.51. The number of amides is 1. The maximum absolute atomic E-state index is 15.9. The second-order valence-corrected chi connectivity index (χ2v) is 11.8. The molecule has 0 aliphatic carbocycles. The molecule has 1 aliphatic heterocycles. The minimum atomic E-state index is -0.890. The Hall–Kier alpha value is -4.67. The van der Waals surface area contributed by atoms with Gasteiger partial charge < -0.3 is 14.9 Å². The van der Waals surface area contributed by atoms with Crippen LogP contribution in [0.3, 0.4) is 0 Å². The highest BCUT2D eigenvalue weighted by molar-refractivity contribution is 5.91. The fourth-order valence-electron chi connectivity index (χ4n) is 5.59. The lowest BCUT2D eigenvalue weighted by Crippen LogP contribution is -2.54. The van der Waals surface area contributed by atoms with Crippen molar-refractivity contribution in [1.29, 1.82) is 0 Å². The molecule has 44 heavy (non-hydrogen) atoms. The number of carbonyl (C=O) groups excluding carboxylic acids is 1. The van der Waals surface area contributed by atoms with Gasteiger partial charge in [0.2, 0.25) is 5.91 Å². The van der Waals surface area contributed by atoms with Crippen molar-refractivity contribution in [2.24, 2.45) is 5.92 Å². The van der Waals surface area contributed by atoms with Crippen LogP contribution in [-0.2, 0) is 4.79 Å². The van der Waals surface area contributed by atoms with Gasteiger partial charge in [-0.15, -0.1) is 0 Å². The van der Waals surface area contributed by atoms with E-state index in [1.165, 1.54) is 22.8 Å². The van der Waals surface area contributed by atoms with Gasteiger partial charge in [0.25, 0.3) is 0 Å². The summed E-state index contributed by atoms with van der Waals surface area (Å²) in [7, 11) is 0. The smallest absolute Gasteiger partial charge is 0.355 e. The number of hydrogen-bond acceptors (Lipinski definition) is 7. The maximum Gasteiger partial charge on any atom is 0.355 e. The van der Waals surface area contributed by atoms with Crippen LogP contribution < -0.4 is 10.6 Å². The Labute approximate surface area is 254 Å². The third kappa shape index (κ3) is 5.66. The van der Waals surface area contributed by atoms with Crippen LogP contribution in [0.4, 0.5) is 14.6 Å². The molecule has 5 rings (SSSR count). The first-order chi connectivity index (χ1) is 20.9. The summed E-state index contributed by atoms with van der Waals surface area (Å²) >= 11 is 0. The number of phenolic OH excluding ortho intramolecular Hbond substituents is 1. The minimum Gasteiger partial charge on any atom is -0.507 e. The molecule has 0 saturated carbocycles. The molecule has 1 saturated heterocycles. The fraction of sp³-hybridized carbons (Fsp3) is 0.364. The average Bonchev–Trinajstić information content (AvgIpc) is 2.96. The molecule has 230 valence electrons. The number of anilines is 1. The monoisotopic (exact) mass is 602 g/mol. The van der Waals surface area contributed by atoms with E-state index < -0.39 is 34.3 Å². The largest absolute Gasteiger partial charge is 0.507 e. The molecule has 11 heteroatoms. The summed E-state index contributed by atoms with van der Waals surface area (Å²) < 4.78 is 32.2. The number of piperazine rings is 1. The lowest BCUT2D eigenvalue weighted by molar-refractivity contribution is -0.126. The first kappa shape index (κ1) is 30.8. The average molecular weight is 603 g/mol. The van der Waals surface area contributed by atoms with Crippen molar-refractivity contribution < 1.29 is 18.7 Å². The Morgan fingerprint density at radius 1 is 1.09 bits per heavy atom. The molecular weight excluding hydrogens is 566 g/mol. The lowest BCUT2D eigenvalue weighted by Gasteiger charge is -2.40. The van der Waals surface area contributed by atoms with Crippen LogP contribution in [0.5, 0.6) is 5.75 Å². The molecule has 3 aromatic heterocycles. The van der Waals surface area contributed by atoms with Gasteiger partial charge in [0, 0.05) is 31.9 Å². The van der Waals surface area contributed by atoms with E-state index in [-0.39, 0.29) is 40.6 Å². The van der Waals surface area contributed by atoms with E-state index in [1.54, 1.807) is 23.2 Å². The van der Waals surface area contributed by atoms with Gasteiger partial charge in [0.1, 0.15) is 23.1 Å². The number of pyridine rings is 2. The second kappa shape index (κ2) is 12.1. The summed E-state index contributed by atoms with van der Waals surface area (Å²) in [5.74, 6) is -1.98. The van der Waals surface area contributed by atoms with Crippen molar-refractivity contribution in [2.75, 3.05) is 24.5 Å². The quantitative estimate of drug-likeness (QED) is 0.290. The van der Waals surface area contributed by atoms with Crippen LogP contribution in [-0.4, -0.2) is 61.1 Å². The summed E-state index contributed by atoms with van der Waals surface area (Å²) in [6, 6.07) is 6.33. The van der Waals surface area contributed by atoms with E-state index in [0.29, 0.717) is 31.0 Å². The number of hydrogen-bond donors (Lipinski definition) is 1. The van der Waals surface area contributed by atoms with Crippen LogP contribution in [0.1, 0.15) is 51.8 Å². The molecule has 1 aliphatic rings. The zero-order valence-corrected chi connectivity index (χ0v) is 25.7. The zero-order valence-electron chi connectivity index (χ0n) is 25.7. The number of phenols is 1.